The molecular formula is C50H56ClF3N8O9S. The molecule has 17 nitrogen and oxygen atoms in total. The smallest absolute Gasteiger partial charge is 0.417 e. The molecule has 0 spiro atoms. The number of amides is 6. The van der Waals surface area contributed by atoms with Crippen LogP contribution in [0.2, 0.25) is 5.02 Å². The van der Waals surface area contributed by atoms with Gasteiger partial charge in [0.1, 0.15) is 29.3 Å². The average Bonchev–Trinajstić information content (AvgIpc) is 3.95. The molecule has 6 N–H and O–H groups in total. The molecule has 4 atom stereocenters. The maximum absolute atomic E-state index is 14.0. The summed E-state index contributed by atoms with van der Waals surface area (Å²) in [4.78, 5) is 76.8. The van der Waals surface area contributed by atoms with Crippen LogP contribution in [0.25, 0.3) is 10.4 Å². The molecule has 5 aromatic rings. The molecule has 72 heavy (non-hydrogen) atoms. The number of benzene rings is 3. The number of pyridine rings is 1. The van der Waals surface area contributed by atoms with Crippen LogP contribution in [0.15, 0.2) is 90.6 Å². The molecule has 3 aromatic carbocycles. The van der Waals surface area contributed by atoms with Gasteiger partial charge in [0.15, 0.2) is 0 Å². The highest BCUT2D eigenvalue weighted by Gasteiger charge is 2.44. The highest BCUT2D eigenvalue weighted by Crippen LogP contribution is 2.36. The number of thiazole rings is 1. The number of alkyl halides is 3. The molecule has 6 rings (SSSR count). The molecular weight excluding hydrogens is 981 g/mol. The number of rotatable bonds is 20. The van der Waals surface area contributed by atoms with Gasteiger partial charge in [0.05, 0.1) is 65.2 Å². The molecule has 384 valence electrons. The van der Waals surface area contributed by atoms with Gasteiger partial charge in [0.2, 0.25) is 17.7 Å². The van der Waals surface area contributed by atoms with Crippen LogP contribution in [0, 0.1) is 12.3 Å². The van der Waals surface area contributed by atoms with Crippen LogP contribution in [-0.2, 0) is 30.0 Å². The number of urea groups is 1. The Balaban J connectivity index is 0.864. The molecule has 0 aliphatic carbocycles. The lowest BCUT2D eigenvalue weighted by molar-refractivity contribution is -0.144. The molecule has 1 aliphatic rings. The number of hydrogen-bond donors (Lipinski definition) is 6. The van der Waals surface area contributed by atoms with Gasteiger partial charge in [-0.25, -0.2) is 9.78 Å². The van der Waals surface area contributed by atoms with Crippen molar-refractivity contribution < 1.29 is 56.5 Å². The minimum absolute atomic E-state index is 0.0398. The molecule has 1 aliphatic heterocycles. The van der Waals surface area contributed by atoms with Gasteiger partial charge in [-0.3, -0.25) is 24.2 Å². The fourth-order valence-corrected chi connectivity index (χ4v) is 8.55. The van der Waals surface area contributed by atoms with E-state index >= 15 is 0 Å². The normalized spacial score (nSPS) is 15.6. The van der Waals surface area contributed by atoms with Crippen molar-refractivity contribution in [1.82, 2.24) is 30.8 Å². The number of aryl methyl sites for hydroxylation is 1. The molecule has 0 saturated carbocycles. The first-order valence-corrected chi connectivity index (χ1v) is 24.1. The van der Waals surface area contributed by atoms with Crippen molar-refractivity contribution in [2.24, 2.45) is 5.41 Å². The Kier molecular flexibility index (Phi) is 18.7. The number of anilines is 2. The predicted molar refractivity (Wildman–Crippen MR) is 265 cm³/mol. The molecule has 22 heteroatoms. The summed E-state index contributed by atoms with van der Waals surface area (Å²) in [6.07, 6.45) is -4.20. The van der Waals surface area contributed by atoms with Crippen LogP contribution in [0.5, 0.6) is 11.5 Å². The van der Waals surface area contributed by atoms with E-state index in [1.54, 1.807) is 22.9 Å². The van der Waals surface area contributed by atoms with Crippen molar-refractivity contribution in [3.63, 3.8) is 0 Å². The number of nitrogens with one attached hydrogen (secondary N) is 5. The van der Waals surface area contributed by atoms with Gasteiger partial charge >= 0.3 is 12.2 Å². The van der Waals surface area contributed by atoms with Crippen molar-refractivity contribution >= 4 is 64.0 Å². The van der Waals surface area contributed by atoms with Gasteiger partial charge in [0.25, 0.3) is 5.91 Å². The molecule has 2 aromatic heterocycles. The fraction of sp³-hybridized carbons (Fsp3) is 0.380. The molecule has 2 unspecified atom stereocenters. The number of halogens is 4. The van der Waals surface area contributed by atoms with Crippen molar-refractivity contribution in [2.75, 3.05) is 50.2 Å². The van der Waals surface area contributed by atoms with Crippen LogP contribution >= 0.6 is 22.9 Å². The van der Waals surface area contributed by atoms with Crippen LogP contribution in [-0.4, -0.2) is 107 Å². The highest BCUT2D eigenvalue weighted by atomic mass is 35.5. The van der Waals surface area contributed by atoms with Crippen molar-refractivity contribution in [3.05, 3.63) is 118 Å². The summed E-state index contributed by atoms with van der Waals surface area (Å²) in [7, 11) is 0. The first-order chi connectivity index (χ1) is 34.2. The first kappa shape index (κ1) is 54.7. The number of aliphatic hydroxyl groups is 1. The maximum atomic E-state index is 14.0. The molecule has 6 amide bonds. The third-order valence-corrected chi connectivity index (χ3v) is 12.6. The SMILES string of the molecule is Cc1ncsc1-c1ccc(C(C)NC(=O)[C@@H]2C[C@@H](O)CN2C(=O)C(NC(=O)CCOCCOCCNC(=O)c2cc(Oc3ccc(NC(=O)Nc4ccc(Cl)c(C(F)(F)F)c4)cc3)ccn2)C(C)(C)C)cc1. The number of aliphatic hydroxyl groups excluding tert-OH is 1. The van der Waals surface area contributed by atoms with Gasteiger partial charge in [0, 0.05) is 49.6 Å². The summed E-state index contributed by atoms with van der Waals surface area (Å²) in [6.45, 7) is 9.84. The number of ether oxygens (including phenoxy) is 3. The number of likely N-dealkylation sites (tertiary alicyclic amines) is 1. The van der Waals surface area contributed by atoms with E-state index in [-0.39, 0.29) is 69.8 Å². The van der Waals surface area contributed by atoms with E-state index in [9.17, 15) is 42.3 Å². The standard InChI is InChI=1S/C50H56ClF3N8O9S/c1-29(31-6-8-32(9-7-31)43-30(2)57-28-72-43)58-46(66)41-25-35(63)27-62(41)47(67)44(49(3,4)5)61-42(64)17-20-69-22-23-70-21-19-56-45(65)40-26-37(16-18-55-40)71-36-13-10-33(11-14-36)59-48(68)60-34-12-15-39(51)38(24-34)50(52,53)54/h6-16,18,24,26,28-29,35,41,44,63H,17,19-23,25,27H2,1-5H3,(H,56,65)(H,58,66)(H,61,64)(H2,59,60,68)/t29?,35-,41+,44?/m1/s1. The average molecular weight is 1040 g/mol. The summed E-state index contributed by atoms with van der Waals surface area (Å²) in [5, 5.41) is 23.5. The molecule has 0 bridgehead atoms. The molecule has 0 radical (unpaired) electrons. The quantitative estimate of drug-likeness (QED) is 0.0408. The number of hydrogen-bond acceptors (Lipinski definition) is 12. The Morgan fingerprint density at radius 1 is 0.861 bits per heavy atom. The molecule has 1 fully saturated rings. The summed E-state index contributed by atoms with van der Waals surface area (Å²) in [5.74, 6) is -1.13. The summed E-state index contributed by atoms with van der Waals surface area (Å²) < 4.78 is 56.5. The third-order valence-electron chi connectivity index (χ3n) is 11.3. The van der Waals surface area contributed by atoms with Gasteiger partial charge < -0.3 is 50.8 Å². The Labute approximate surface area is 423 Å². The zero-order valence-corrected chi connectivity index (χ0v) is 41.7. The Bertz CT molecular complexity index is 2690. The second-order valence-electron chi connectivity index (χ2n) is 17.9. The Hall–Kier alpha value is -6.65. The second-order valence-corrected chi connectivity index (χ2v) is 19.1. The summed E-state index contributed by atoms with van der Waals surface area (Å²) in [6, 6.07) is 16.8. The lowest BCUT2D eigenvalue weighted by atomic mass is 9.85. The summed E-state index contributed by atoms with van der Waals surface area (Å²) in [5.41, 5.74) is 3.12. The van der Waals surface area contributed by atoms with Gasteiger partial charge in [-0.2, -0.15) is 13.2 Å². The molecule has 3 heterocycles. The second kappa shape index (κ2) is 24.7. The topological polar surface area (TPSA) is 222 Å². The lowest BCUT2D eigenvalue weighted by Gasteiger charge is -2.35. The maximum Gasteiger partial charge on any atom is 0.417 e. The Morgan fingerprint density at radius 3 is 2.21 bits per heavy atom. The van der Waals surface area contributed by atoms with E-state index in [2.05, 4.69) is 36.6 Å². The number of β-amino-alcohol motifs (C(OH)–C–C–N with tert-alkyl or cyclic N) is 1. The van der Waals surface area contributed by atoms with Crippen LogP contribution in [0.1, 0.15) is 73.9 Å². The Morgan fingerprint density at radius 2 is 1.54 bits per heavy atom. The minimum atomic E-state index is -4.69. The predicted octanol–water partition coefficient (Wildman–Crippen LogP) is 8.15. The number of carbonyl (C=O) groups is 5. The van der Waals surface area contributed by atoms with Gasteiger partial charge in [-0.15, -0.1) is 11.3 Å². The third kappa shape index (κ3) is 15.4. The highest BCUT2D eigenvalue weighted by molar-refractivity contribution is 7.13. The van der Waals surface area contributed by atoms with E-state index < -0.39 is 70.0 Å². The zero-order valence-electron chi connectivity index (χ0n) is 40.1. The van der Waals surface area contributed by atoms with Crippen LogP contribution in [0.3, 0.4) is 0 Å². The number of aromatic nitrogens is 2. The monoisotopic (exact) mass is 1040 g/mol. The summed E-state index contributed by atoms with van der Waals surface area (Å²) >= 11 is 7.20. The fourth-order valence-electron chi connectivity index (χ4n) is 7.52. The van der Waals surface area contributed by atoms with E-state index in [4.69, 9.17) is 25.8 Å². The van der Waals surface area contributed by atoms with E-state index in [0.717, 1.165) is 33.8 Å². The number of carbonyl (C=O) groups excluding carboxylic acids is 5. The minimum Gasteiger partial charge on any atom is -0.457 e. The van der Waals surface area contributed by atoms with E-state index in [1.165, 1.54) is 47.5 Å². The first-order valence-electron chi connectivity index (χ1n) is 22.9. The lowest BCUT2D eigenvalue weighted by Crippen LogP contribution is -2.58. The van der Waals surface area contributed by atoms with Crippen molar-refractivity contribution in [2.45, 2.75) is 77.9 Å². The van der Waals surface area contributed by atoms with E-state index in [1.807, 2.05) is 58.9 Å². The van der Waals surface area contributed by atoms with Gasteiger partial charge in [-0.05, 0) is 78.9 Å². The van der Waals surface area contributed by atoms with Crippen LogP contribution in [0.4, 0.5) is 29.3 Å². The van der Waals surface area contributed by atoms with E-state index in [0.29, 0.717) is 17.2 Å². The van der Waals surface area contributed by atoms with Crippen LogP contribution < -0.4 is 31.3 Å². The van der Waals surface area contributed by atoms with Gasteiger partial charge in [-0.1, -0.05) is 56.6 Å². The number of nitrogens with zero attached hydrogens (tertiary/aromatic N) is 3. The largest absolute Gasteiger partial charge is 0.457 e. The van der Waals surface area contributed by atoms with Crippen molar-refractivity contribution in [3.8, 4) is 21.9 Å². The molecule has 1 saturated heterocycles. The van der Waals surface area contributed by atoms with Crippen molar-refractivity contribution in [1.29, 1.82) is 0 Å². The zero-order chi connectivity index (χ0) is 52.2.